The van der Waals surface area contributed by atoms with E-state index in [1.807, 2.05) is 4.90 Å². The number of rotatable bonds is 7. The molecule has 8 heteroatoms. The van der Waals surface area contributed by atoms with E-state index in [-0.39, 0.29) is 12.1 Å². The van der Waals surface area contributed by atoms with Gasteiger partial charge in [-0.25, -0.2) is 4.98 Å². The van der Waals surface area contributed by atoms with Crippen LogP contribution < -0.4 is 0 Å². The van der Waals surface area contributed by atoms with Crippen molar-refractivity contribution in [2.75, 3.05) is 33.4 Å². The number of ether oxygens (including phenoxy) is 1. The summed E-state index contributed by atoms with van der Waals surface area (Å²) in [4.78, 5) is 5.93. The number of hydrogen-bond acceptors (Lipinski definition) is 5. The molecular weight excluding hydrogens is 301 g/mol. The van der Waals surface area contributed by atoms with Crippen molar-refractivity contribution in [3.8, 4) is 0 Å². The number of nitrogens with zero attached hydrogens (tertiary/aromatic N) is 2. The first-order chi connectivity index (χ1) is 10.4. The van der Waals surface area contributed by atoms with Gasteiger partial charge in [0.1, 0.15) is 5.52 Å². The van der Waals surface area contributed by atoms with Crippen LogP contribution in [0.25, 0.3) is 11.1 Å². The Bertz CT molecular complexity index is 613. The molecule has 0 saturated heterocycles. The Kier molecular flexibility index (Phi) is 5.38. The average Bonchev–Trinajstić information content (AvgIpc) is 2.85. The van der Waals surface area contributed by atoms with Gasteiger partial charge in [0.2, 0.25) is 5.89 Å². The highest BCUT2D eigenvalue weighted by Gasteiger charge is 2.31. The van der Waals surface area contributed by atoms with E-state index < -0.39 is 11.7 Å². The molecule has 0 aliphatic heterocycles. The Balaban J connectivity index is 2.17. The monoisotopic (exact) mass is 318 g/mol. The molecule has 0 saturated carbocycles. The van der Waals surface area contributed by atoms with Gasteiger partial charge < -0.3 is 14.3 Å². The SMILES string of the molecule is COCCN(CCO)Cc1nc2cc(C(F)(F)F)ccc2o1. The zero-order chi connectivity index (χ0) is 16.2. The fourth-order valence-electron chi connectivity index (χ4n) is 2.04. The lowest BCUT2D eigenvalue weighted by Gasteiger charge is -2.18. The van der Waals surface area contributed by atoms with Crippen molar-refractivity contribution in [3.05, 3.63) is 29.7 Å². The Hall–Kier alpha value is -1.64. The van der Waals surface area contributed by atoms with Crippen LogP contribution in [-0.4, -0.2) is 48.4 Å². The molecule has 1 aromatic carbocycles. The molecule has 0 unspecified atom stereocenters. The first kappa shape index (κ1) is 16.7. The summed E-state index contributed by atoms with van der Waals surface area (Å²) in [6.07, 6.45) is -4.41. The number of aliphatic hydroxyl groups is 1. The van der Waals surface area contributed by atoms with Crippen LogP contribution in [0.1, 0.15) is 11.5 Å². The molecule has 0 bridgehead atoms. The van der Waals surface area contributed by atoms with Gasteiger partial charge in [0.15, 0.2) is 5.58 Å². The van der Waals surface area contributed by atoms with Gasteiger partial charge in [-0.1, -0.05) is 0 Å². The maximum atomic E-state index is 12.7. The van der Waals surface area contributed by atoms with Crippen LogP contribution in [0.5, 0.6) is 0 Å². The quantitative estimate of drug-likeness (QED) is 0.849. The summed E-state index contributed by atoms with van der Waals surface area (Å²) in [5.41, 5.74) is -0.286. The molecule has 22 heavy (non-hydrogen) atoms. The molecule has 1 heterocycles. The minimum atomic E-state index is -4.41. The van der Waals surface area contributed by atoms with Crippen LogP contribution in [0.2, 0.25) is 0 Å². The maximum absolute atomic E-state index is 12.7. The highest BCUT2D eigenvalue weighted by molar-refractivity contribution is 5.73. The lowest BCUT2D eigenvalue weighted by Crippen LogP contribution is -2.29. The Morgan fingerprint density at radius 3 is 2.73 bits per heavy atom. The molecule has 0 radical (unpaired) electrons. The minimum Gasteiger partial charge on any atom is -0.439 e. The van der Waals surface area contributed by atoms with Crippen LogP contribution in [-0.2, 0) is 17.5 Å². The van der Waals surface area contributed by atoms with Crippen LogP contribution in [0.3, 0.4) is 0 Å². The molecule has 0 atom stereocenters. The van der Waals surface area contributed by atoms with Gasteiger partial charge in [0.25, 0.3) is 0 Å². The van der Waals surface area contributed by atoms with Crippen LogP contribution in [0.4, 0.5) is 13.2 Å². The van der Waals surface area contributed by atoms with E-state index in [1.165, 1.54) is 6.07 Å². The number of benzene rings is 1. The number of aromatic nitrogens is 1. The first-order valence-corrected chi connectivity index (χ1v) is 6.73. The van der Waals surface area contributed by atoms with E-state index in [2.05, 4.69) is 4.98 Å². The number of aliphatic hydroxyl groups excluding tert-OH is 1. The fourth-order valence-corrected chi connectivity index (χ4v) is 2.04. The van der Waals surface area contributed by atoms with E-state index >= 15 is 0 Å². The third-order valence-corrected chi connectivity index (χ3v) is 3.15. The average molecular weight is 318 g/mol. The number of oxazole rings is 1. The third kappa shape index (κ3) is 4.19. The second-order valence-electron chi connectivity index (χ2n) is 4.78. The summed E-state index contributed by atoms with van der Waals surface area (Å²) in [6, 6.07) is 3.20. The molecule has 122 valence electrons. The Morgan fingerprint density at radius 2 is 2.09 bits per heavy atom. The van der Waals surface area contributed by atoms with Gasteiger partial charge >= 0.3 is 6.18 Å². The lowest BCUT2D eigenvalue weighted by atomic mass is 10.2. The summed E-state index contributed by atoms with van der Waals surface area (Å²) in [5, 5.41) is 9.02. The number of halogens is 3. The molecule has 0 amide bonds. The second-order valence-corrected chi connectivity index (χ2v) is 4.78. The van der Waals surface area contributed by atoms with Crippen molar-refractivity contribution in [2.24, 2.45) is 0 Å². The van der Waals surface area contributed by atoms with Crippen LogP contribution >= 0.6 is 0 Å². The van der Waals surface area contributed by atoms with Crippen molar-refractivity contribution in [2.45, 2.75) is 12.7 Å². The Labute approximate surface area is 125 Å². The summed E-state index contributed by atoms with van der Waals surface area (Å²) in [7, 11) is 1.56. The highest BCUT2D eigenvalue weighted by Crippen LogP contribution is 2.31. The maximum Gasteiger partial charge on any atom is 0.416 e. The van der Waals surface area contributed by atoms with Gasteiger partial charge in [0, 0.05) is 20.2 Å². The number of methoxy groups -OCH3 is 1. The lowest BCUT2D eigenvalue weighted by molar-refractivity contribution is -0.137. The molecule has 0 fully saturated rings. The van der Waals surface area contributed by atoms with Gasteiger partial charge in [-0.05, 0) is 18.2 Å². The zero-order valence-electron chi connectivity index (χ0n) is 12.1. The van der Waals surface area contributed by atoms with Crippen molar-refractivity contribution in [1.29, 1.82) is 0 Å². The van der Waals surface area contributed by atoms with E-state index in [0.717, 1.165) is 12.1 Å². The molecule has 0 spiro atoms. The molecular formula is C14H17F3N2O3. The van der Waals surface area contributed by atoms with Gasteiger partial charge in [-0.2, -0.15) is 13.2 Å². The van der Waals surface area contributed by atoms with Crippen molar-refractivity contribution in [1.82, 2.24) is 9.88 Å². The molecule has 2 aromatic rings. The van der Waals surface area contributed by atoms with Gasteiger partial charge in [0.05, 0.1) is 25.3 Å². The Morgan fingerprint density at radius 1 is 1.32 bits per heavy atom. The predicted molar refractivity (Wildman–Crippen MR) is 73.2 cm³/mol. The smallest absolute Gasteiger partial charge is 0.416 e. The van der Waals surface area contributed by atoms with Crippen LogP contribution in [0, 0.1) is 0 Å². The van der Waals surface area contributed by atoms with Crippen LogP contribution in [0.15, 0.2) is 22.6 Å². The topological polar surface area (TPSA) is 58.7 Å². The molecule has 1 aromatic heterocycles. The third-order valence-electron chi connectivity index (χ3n) is 3.15. The van der Waals surface area contributed by atoms with Crippen molar-refractivity contribution in [3.63, 3.8) is 0 Å². The molecule has 0 aliphatic rings. The predicted octanol–water partition coefficient (Wildman–Crippen LogP) is 2.29. The molecule has 1 N–H and O–H groups in total. The van der Waals surface area contributed by atoms with E-state index in [4.69, 9.17) is 14.3 Å². The van der Waals surface area contributed by atoms with Gasteiger partial charge in [-0.3, -0.25) is 4.90 Å². The summed E-state index contributed by atoms with van der Waals surface area (Å²) in [6.45, 7) is 1.68. The van der Waals surface area contributed by atoms with Crippen molar-refractivity contribution < 1.29 is 27.4 Å². The summed E-state index contributed by atoms with van der Waals surface area (Å²) in [5.74, 6) is 0.305. The second kappa shape index (κ2) is 7.08. The van der Waals surface area contributed by atoms with Crippen molar-refractivity contribution >= 4 is 11.1 Å². The number of hydrogen-bond donors (Lipinski definition) is 1. The number of fused-ring (bicyclic) bond motifs is 1. The van der Waals surface area contributed by atoms with E-state index in [9.17, 15) is 13.2 Å². The highest BCUT2D eigenvalue weighted by atomic mass is 19.4. The van der Waals surface area contributed by atoms with E-state index in [1.54, 1.807) is 7.11 Å². The largest absolute Gasteiger partial charge is 0.439 e. The standard InChI is InChI=1S/C14H17F3N2O3/c1-21-7-5-19(4-6-20)9-13-18-11-8-10(14(15,16)17)2-3-12(11)22-13/h2-3,8,20H,4-7,9H2,1H3. The minimum absolute atomic E-state index is 0.0395. The normalized spacial score (nSPS) is 12.5. The molecule has 0 aliphatic carbocycles. The summed E-state index contributed by atoms with van der Waals surface area (Å²) >= 11 is 0. The number of alkyl halides is 3. The summed E-state index contributed by atoms with van der Waals surface area (Å²) < 4.78 is 48.4. The van der Waals surface area contributed by atoms with E-state index in [0.29, 0.717) is 37.7 Å². The fraction of sp³-hybridized carbons (Fsp3) is 0.500. The molecule has 2 rings (SSSR count). The first-order valence-electron chi connectivity index (χ1n) is 6.73. The zero-order valence-corrected chi connectivity index (χ0v) is 12.1. The van der Waals surface area contributed by atoms with Gasteiger partial charge in [-0.15, -0.1) is 0 Å². The molecule has 5 nitrogen and oxygen atoms in total.